The van der Waals surface area contributed by atoms with Crippen molar-refractivity contribution in [1.82, 2.24) is 15.2 Å². The van der Waals surface area contributed by atoms with E-state index in [1.54, 1.807) is 0 Å². The molecule has 2 amide bonds. The molecule has 152 valence electrons. The molecule has 0 saturated carbocycles. The quantitative estimate of drug-likeness (QED) is 0.505. The predicted octanol–water partition coefficient (Wildman–Crippen LogP) is 1.43. The number of nitrogens with zero attached hydrogens (tertiary/aromatic N) is 2. The number of aryl methyl sites for hydroxylation is 1. The molecule has 8 nitrogen and oxygen atoms in total. The van der Waals surface area contributed by atoms with Gasteiger partial charge in [-0.3, -0.25) is 20.4 Å². The van der Waals surface area contributed by atoms with E-state index < -0.39 is 28.4 Å². The zero-order valence-electron chi connectivity index (χ0n) is 15.9. The third-order valence-electron chi connectivity index (χ3n) is 3.79. The van der Waals surface area contributed by atoms with Crippen LogP contribution in [-0.4, -0.2) is 43.9 Å². The van der Waals surface area contributed by atoms with E-state index >= 15 is 0 Å². The molecule has 0 spiro atoms. The molecular formula is C19H20N4O4S2. The van der Waals surface area contributed by atoms with Crippen LogP contribution in [0.15, 0.2) is 58.3 Å². The van der Waals surface area contributed by atoms with E-state index in [9.17, 15) is 18.0 Å². The van der Waals surface area contributed by atoms with Crippen molar-refractivity contribution in [3.63, 3.8) is 0 Å². The highest BCUT2D eigenvalue weighted by Gasteiger charge is 2.23. The van der Waals surface area contributed by atoms with E-state index in [4.69, 9.17) is 5.26 Å². The van der Waals surface area contributed by atoms with Gasteiger partial charge in [-0.15, -0.1) is 11.8 Å². The largest absolute Gasteiger partial charge is 0.272 e. The van der Waals surface area contributed by atoms with E-state index in [-0.39, 0.29) is 10.6 Å². The number of hydrogen-bond donors (Lipinski definition) is 2. The Hall–Kier alpha value is -2.87. The van der Waals surface area contributed by atoms with Gasteiger partial charge < -0.3 is 0 Å². The lowest BCUT2D eigenvalue weighted by molar-refractivity contribution is -0.127. The first-order valence-electron chi connectivity index (χ1n) is 8.46. The zero-order chi connectivity index (χ0) is 21.4. The first-order chi connectivity index (χ1) is 13.7. The summed E-state index contributed by atoms with van der Waals surface area (Å²) in [5.41, 5.74) is 5.90. The fraction of sp³-hybridized carbons (Fsp3) is 0.211. The van der Waals surface area contributed by atoms with Crippen LogP contribution in [0, 0.1) is 18.3 Å². The minimum atomic E-state index is -3.90. The number of nitrogens with one attached hydrogen (secondary N) is 2. The van der Waals surface area contributed by atoms with Crippen LogP contribution < -0.4 is 10.9 Å². The Kier molecular flexibility index (Phi) is 7.78. The predicted molar refractivity (Wildman–Crippen MR) is 109 cm³/mol. The SMILES string of the molecule is Cc1ccc(SCC(=O)NNC(=O)CN(C)S(=O)(=O)c2ccc(C#N)cc2)cc1. The van der Waals surface area contributed by atoms with Gasteiger partial charge in [-0.25, -0.2) is 8.42 Å². The summed E-state index contributed by atoms with van der Waals surface area (Å²) in [6.07, 6.45) is 0. The summed E-state index contributed by atoms with van der Waals surface area (Å²) in [6.45, 7) is 1.49. The van der Waals surface area contributed by atoms with Gasteiger partial charge >= 0.3 is 0 Å². The highest BCUT2D eigenvalue weighted by Crippen LogP contribution is 2.17. The maximum atomic E-state index is 12.5. The Balaban J connectivity index is 1.82. The van der Waals surface area contributed by atoms with Crippen molar-refractivity contribution in [2.45, 2.75) is 16.7 Å². The maximum Gasteiger partial charge on any atom is 0.253 e. The van der Waals surface area contributed by atoms with Crippen LogP contribution in [0.25, 0.3) is 0 Å². The molecule has 0 bridgehead atoms. The average Bonchev–Trinajstić information content (AvgIpc) is 2.71. The van der Waals surface area contributed by atoms with Crippen LogP contribution in [0.4, 0.5) is 0 Å². The van der Waals surface area contributed by atoms with Gasteiger partial charge in [-0.2, -0.15) is 9.57 Å². The van der Waals surface area contributed by atoms with Crippen molar-refractivity contribution in [2.75, 3.05) is 19.3 Å². The molecule has 0 unspecified atom stereocenters. The minimum Gasteiger partial charge on any atom is -0.272 e. The summed E-state index contributed by atoms with van der Waals surface area (Å²) in [5, 5.41) is 8.78. The smallest absolute Gasteiger partial charge is 0.253 e. The summed E-state index contributed by atoms with van der Waals surface area (Å²) in [6, 6.07) is 14.9. The molecule has 0 saturated heterocycles. The lowest BCUT2D eigenvalue weighted by atomic mass is 10.2. The second-order valence-corrected chi connectivity index (χ2v) is 9.19. The number of hydrogen-bond acceptors (Lipinski definition) is 6. The summed E-state index contributed by atoms with van der Waals surface area (Å²) in [7, 11) is -2.65. The van der Waals surface area contributed by atoms with E-state index in [1.807, 2.05) is 37.3 Å². The molecule has 2 aromatic rings. The van der Waals surface area contributed by atoms with Crippen LogP contribution in [-0.2, 0) is 19.6 Å². The van der Waals surface area contributed by atoms with Crippen molar-refractivity contribution in [3.05, 3.63) is 59.7 Å². The molecule has 0 heterocycles. The first-order valence-corrected chi connectivity index (χ1v) is 10.9. The van der Waals surface area contributed by atoms with Crippen LogP contribution >= 0.6 is 11.8 Å². The number of hydrazine groups is 1. The van der Waals surface area contributed by atoms with Crippen LogP contribution in [0.5, 0.6) is 0 Å². The summed E-state index contributed by atoms with van der Waals surface area (Å²) in [5.74, 6) is -0.997. The number of likely N-dealkylation sites (N-methyl/N-ethyl adjacent to an activating group) is 1. The number of amides is 2. The molecular weight excluding hydrogens is 412 g/mol. The number of rotatable bonds is 7. The Morgan fingerprint density at radius 3 is 2.21 bits per heavy atom. The molecule has 0 aliphatic rings. The van der Waals surface area contributed by atoms with Gasteiger partial charge in [0.25, 0.3) is 5.91 Å². The highest BCUT2D eigenvalue weighted by molar-refractivity contribution is 8.00. The van der Waals surface area contributed by atoms with Crippen molar-refractivity contribution in [2.24, 2.45) is 0 Å². The lowest BCUT2D eigenvalue weighted by Crippen LogP contribution is -2.47. The van der Waals surface area contributed by atoms with Gasteiger partial charge in [-0.05, 0) is 43.3 Å². The molecule has 0 radical (unpaired) electrons. The average molecular weight is 433 g/mol. The Bertz CT molecular complexity index is 1010. The number of carbonyl (C=O) groups is 2. The van der Waals surface area contributed by atoms with Gasteiger partial charge in [-0.1, -0.05) is 17.7 Å². The summed E-state index contributed by atoms with van der Waals surface area (Å²) >= 11 is 1.31. The molecule has 29 heavy (non-hydrogen) atoms. The molecule has 0 aromatic heterocycles. The van der Waals surface area contributed by atoms with Crippen LogP contribution in [0.2, 0.25) is 0 Å². The minimum absolute atomic E-state index is 0.0367. The van der Waals surface area contributed by atoms with Gasteiger partial charge in [0.15, 0.2) is 0 Å². The first kappa shape index (κ1) is 22.4. The van der Waals surface area contributed by atoms with E-state index in [2.05, 4.69) is 10.9 Å². The van der Waals surface area contributed by atoms with Crippen LogP contribution in [0.1, 0.15) is 11.1 Å². The summed E-state index contributed by atoms with van der Waals surface area (Å²) < 4.78 is 25.8. The second kappa shape index (κ2) is 10.1. The fourth-order valence-electron chi connectivity index (χ4n) is 2.17. The molecule has 0 aliphatic carbocycles. The standard InChI is InChI=1S/C19H20N4O4S2/c1-14-3-7-16(8-4-14)28-13-19(25)22-21-18(24)12-23(2)29(26,27)17-9-5-15(11-20)6-10-17/h3-10H,12-13H2,1-2H3,(H,21,24)(H,22,25). The third-order valence-corrected chi connectivity index (χ3v) is 6.62. The van der Waals surface area contributed by atoms with Gasteiger partial charge in [0.05, 0.1) is 28.8 Å². The van der Waals surface area contributed by atoms with Gasteiger partial charge in [0.2, 0.25) is 15.9 Å². The molecule has 2 N–H and O–H groups in total. The van der Waals surface area contributed by atoms with Crippen molar-refractivity contribution < 1.29 is 18.0 Å². The van der Waals surface area contributed by atoms with Crippen molar-refractivity contribution in [1.29, 1.82) is 5.26 Å². The van der Waals surface area contributed by atoms with Gasteiger partial charge in [0.1, 0.15) is 0 Å². The Labute approximate surface area is 173 Å². The van der Waals surface area contributed by atoms with Crippen LogP contribution in [0.3, 0.4) is 0 Å². The second-order valence-electron chi connectivity index (χ2n) is 6.10. The lowest BCUT2D eigenvalue weighted by Gasteiger charge is -2.17. The monoisotopic (exact) mass is 432 g/mol. The number of nitriles is 1. The summed E-state index contributed by atoms with van der Waals surface area (Å²) in [4.78, 5) is 24.7. The van der Waals surface area contributed by atoms with E-state index in [1.165, 1.54) is 43.1 Å². The number of benzene rings is 2. The highest BCUT2D eigenvalue weighted by atomic mass is 32.2. The third kappa shape index (κ3) is 6.60. The Morgan fingerprint density at radius 2 is 1.62 bits per heavy atom. The van der Waals surface area contributed by atoms with Crippen molar-refractivity contribution >= 4 is 33.6 Å². The molecule has 0 atom stereocenters. The molecule has 0 aliphatic heterocycles. The molecule has 2 rings (SSSR count). The van der Waals surface area contributed by atoms with Gasteiger partial charge in [0, 0.05) is 11.9 Å². The number of thioether (sulfide) groups is 1. The maximum absolute atomic E-state index is 12.5. The molecule has 0 fully saturated rings. The van der Waals surface area contributed by atoms with E-state index in [0.29, 0.717) is 5.56 Å². The zero-order valence-corrected chi connectivity index (χ0v) is 17.5. The number of sulfonamides is 1. The Morgan fingerprint density at radius 1 is 1.03 bits per heavy atom. The van der Waals surface area contributed by atoms with E-state index in [0.717, 1.165) is 14.8 Å². The fourth-order valence-corrected chi connectivity index (χ4v) is 3.99. The van der Waals surface area contributed by atoms with Crippen molar-refractivity contribution in [3.8, 4) is 6.07 Å². The molecule has 2 aromatic carbocycles. The topological polar surface area (TPSA) is 119 Å². The normalized spacial score (nSPS) is 11.0. The molecule has 10 heteroatoms. The number of carbonyl (C=O) groups excluding carboxylic acids is 2.